The van der Waals surface area contributed by atoms with Crippen LogP contribution in [-0.2, 0) is 4.79 Å². The number of carbonyl (C=O) groups excluding carboxylic acids is 1. The van der Waals surface area contributed by atoms with Crippen LogP contribution in [0.4, 0.5) is 4.39 Å². The lowest BCUT2D eigenvalue weighted by atomic mass is 9.74. The molecule has 0 saturated heterocycles. The van der Waals surface area contributed by atoms with Crippen molar-refractivity contribution in [2.75, 3.05) is 20.6 Å². The van der Waals surface area contributed by atoms with Crippen molar-refractivity contribution in [3.05, 3.63) is 77.1 Å². The molecule has 0 aromatic heterocycles. The zero-order chi connectivity index (χ0) is 17.8. The van der Waals surface area contributed by atoms with E-state index in [4.69, 9.17) is 0 Å². The van der Waals surface area contributed by atoms with Gasteiger partial charge in [0.15, 0.2) is 5.78 Å². The molecule has 130 valence electrons. The third-order valence-electron chi connectivity index (χ3n) is 4.77. The number of ketones is 1. The highest BCUT2D eigenvalue weighted by molar-refractivity contribution is 6.02. The Labute approximate surface area is 149 Å². The Hall–Kier alpha value is -2.26. The number of allylic oxidation sites excluding steroid dienone is 1. The zero-order valence-electron chi connectivity index (χ0n) is 14.8. The molecule has 1 fully saturated rings. The van der Waals surface area contributed by atoms with Crippen LogP contribution in [0.5, 0.6) is 0 Å². The highest BCUT2D eigenvalue weighted by Crippen LogP contribution is 2.38. The average Bonchev–Trinajstić information content (AvgIpc) is 2.59. The van der Waals surface area contributed by atoms with Gasteiger partial charge in [-0.15, -0.1) is 0 Å². The smallest absolute Gasteiger partial charge is 0.163 e. The predicted octanol–water partition coefficient (Wildman–Crippen LogP) is 4.53. The summed E-state index contributed by atoms with van der Waals surface area (Å²) in [6, 6.07) is 16.8. The number of nitrogens with zero attached hydrogens (tertiary/aromatic N) is 1. The second-order valence-electron chi connectivity index (χ2n) is 7.10. The molecule has 2 nitrogen and oxygen atoms in total. The fourth-order valence-electron chi connectivity index (χ4n) is 3.67. The Morgan fingerprint density at radius 3 is 2.56 bits per heavy atom. The first-order chi connectivity index (χ1) is 12.0. The van der Waals surface area contributed by atoms with Crippen molar-refractivity contribution < 1.29 is 9.18 Å². The minimum Gasteiger partial charge on any atom is -0.309 e. The summed E-state index contributed by atoms with van der Waals surface area (Å²) >= 11 is 0. The summed E-state index contributed by atoms with van der Waals surface area (Å²) in [4.78, 5) is 15.0. The van der Waals surface area contributed by atoms with Gasteiger partial charge in [-0.3, -0.25) is 4.79 Å². The summed E-state index contributed by atoms with van der Waals surface area (Å²) < 4.78 is 13.5. The maximum atomic E-state index is 13.5. The van der Waals surface area contributed by atoms with Crippen LogP contribution in [0.1, 0.15) is 29.9 Å². The van der Waals surface area contributed by atoms with Crippen LogP contribution in [0.3, 0.4) is 0 Å². The van der Waals surface area contributed by atoms with E-state index in [2.05, 4.69) is 17.0 Å². The lowest BCUT2D eigenvalue weighted by molar-refractivity contribution is -0.121. The highest BCUT2D eigenvalue weighted by atomic mass is 19.1. The molecule has 0 spiro atoms. The van der Waals surface area contributed by atoms with Crippen LogP contribution in [0, 0.1) is 11.7 Å². The van der Waals surface area contributed by atoms with Crippen LogP contribution in [0.2, 0.25) is 0 Å². The number of hydrogen-bond donors (Lipinski definition) is 0. The maximum absolute atomic E-state index is 13.5. The normalized spacial score (nSPS) is 22.6. The van der Waals surface area contributed by atoms with Crippen molar-refractivity contribution in [1.29, 1.82) is 0 Å². The molecule has 0 radical (unpaired) electrons. The van der Waals surface area contributed by atoms with E-state index in [0.29, 0.717) is 12.3 Å². The van der Waals surface area contributed by atoms with Gasteiger partial charge < -0.3 is 4.90 Å². The topological polar surface area (TPSA) is 20.3 Å². The summed E-state index contributed by atoms with van der Waals surface area (Å²) in [6.45, 7) is 0.739. The lowest BCUT2D eigenvalue weighted by Gasteiger charge is -2.32. The van der Waals surface area contributed by atoms with E-state index in [-0.39, 0.29) is 17.5 Å². The summed E-state index contributed by atoms with van der Waals surface area (Å²) in [5, 5.41) is 0. The standard InChI is InChI=1S/C22H24FNO/c1-24(2)15-20-14-18(17-8-4-3-5-9-17)13-19(22(20)25)11-16-7-6-10-21(23)12-16/h3-12,18,20H,13-15H2,1-2H3. The van der Waals surface area contributed by atoms with Gasteiger partial charge in [0.1, 0.15) is 5.82 Å². The maximum Gasteiger partial charge on any atom is 0.163 e. The second-order valence-corrected chi connectivity index (χ2v) is 7.10. The van der Waals surface area contributed by atoms with E-state index >= 15 is 0 Å². The molecule has 0 N–H and O–H groups in total. The molecule has 1 aliphatic rings. The molecule has 0 heterocycles. The Morgan fingerprint density at radius 1 is 1.12 bits per heavy atom. The molecule has 2 aromatic carbocycles. The molecule has 25 heavy (non-hydrogen) atoms. The van der Waals surface area contributed by atoms with Crippen molar-refractivity contribution in [2.45, 2.75) is 18.8 Å². The number of hydrogen-bond acceptors (Lipinski definition) is 2. The Kier molecular flexibility index (Phi) is 5.44. The van der Waals surface area contributed by atoms with Crippen molar-refractivity contribution in [1.82, 2.24) is 4.90 Å². The number of benzene rings is 2. The monoisotopic (exact) mass is 337 g/mol. The van der Waals surface area contributed by atoms with E-state index in [1.165, 1.54) is 17.7 Å². The van der Waals surface area contributed by atoms with E-state index in [1.807, 2.05) is 44.4 Å². The molecule has 3 heteroatoms. The van der Waals surface area contributed by atoms with Crippen LogP contribution < -0.4 is 0 Å². The molecule has 0 amide bonds. The van der Waals surface area contributed by atoms with Crippen molar-refractivity contribution in [2.24, 2.45) is 5.92 Å². The minimum absolute atomic E-state index is 0.0197. The van der Waals surface area contributed by atoms with Crippen LogP contribution in [-0.4, -0.2) is 31.3 Å². The van der Waals surface area contributed by atoms with Crippen LogP contribution in [0.15, 0.2) is 60.2 Å². The first-order valence-corrected chi connectivity index (χ1v) is 8.73. The first kappa shape index (κ1) is 17.6. The van der Waals surface area contributed by atoms with E-state index in [9.17, 15) is 9.18 Å². The van der Waals surface area contributed by atoms with Gasteiger partial charge in [0.05, 0.1) is 0 Å². The molecule has 2 aromatic rings. The van der Waals surface area contributed by atoms with Gasteiger partial charge in [0.25, 0.3) is 0 Å². The molecule has 2 atom stereocenters. The third-order valence-corrected chi connectivity index (χ3v) is 4.77. The Balaban J connectivity index is 1.93. The van der Waals surface area contributed by atoms with Crippen molar-refractivity contribution in [3.63, 3.8) is 0 Å². The van der Waals surface area contributed by atoms with Gasteiger partial charge in [-0.05, 0) is 67.8 Å². The SMILES string of the molecule is CN(C)CC1CC(c2ccccc2)CC(=Cc2cccc(F)c2)C1=O. The average molecular weight is 337 g/mol. The molecule has 1 aliphatic carbocycles. The Bertz CT molecular complexity index is 767. The van der Waals surface area contributed by atoms with Gasteiger partial charge >= 0.3 is 0 Å². The zero-order valence-corrected chi connectivity index (χ0v) is 14.8. The highest BCUT2D eigenvalue weighted by Gasteiger charge is 2.33. The van der Waals surface area contributed by atoms with E-state index < -0.39 is 0 Å². The molecule has 1 saturated carbocycles. The lowest BCUT2D eigenvalue weighted by Crippen LogP contribution is -2.34. The van der Waals surface area contributed by atoms with E-state index in [0.717, 1.165) is 24.1 Å². The molecular weight excluding hydrogens is 313 g/mol. The minimum atomic E-state index is -0.276. The van der Waals surface area contributed by atoms with Crippen molar-refractivity contribution >= 4 is 11.9 Å². The molecule has 2 unspecified atom stereocenters. The number of rotatable bonds is 4. The quantitative estimate of drug-likeness (QED) is 0.764. The molecule has 0 bridgehead atoms. The fourth-order valence-corrected chi connectivity index (χ4v) is 3.67. The van der Waals surface area contributed by atoms with Crippen LogP contribution >= 0.6 is 0 Å². The summed E-state index contributed by atoms with van der Waals surface area (Å²) in [5.41, 5.74) is 2.82. The van der Waals surface area contributed by atoms with Crippen LogP contribution in [0.25, 0.3) is 6.08 Å². The largest absolute Gasteiger partial charge is 0.309 e. The first-order valence-electron chi connectivity index (χ1n) is 8.73. The second kappa shape index (κ2) is 7.75. The number of Topliss-reactive ketones (excluding diaryl/α,β-unsaturated/α-hetero) is 1. The Morgan fingerprint density at radius 2 is 1.88 bits per heavy atom. The number of halogens is 1. The van der Waals surface area contributed by atoms with Gasteiger partial charge in [-0.25, -0.2) is 4.39 Å². The molecule has 0 aliphatic heterocycles. The fraction of sp³-hybridized carbons (Fsp3) is 0.318. The summed E-state index contributed by atoms with van der Waals surface area (Å²) in [6.07, 6.45) is 3.44. The molecule has 3 rings (SSSR count). The van der Waals surface area contributed by atoms with E-state index in [1.54, 1.807) is 6.07 Å². The summed E-state index contributed by atoms with van der Waals surface area (Å²) in [5.74, 6) is 0.227. The van der Waals surface area contributed by atoms with Gasteiger partial charge in [-0.1, -0.05) is 42.5 Å². The van der Waals surface area contributed by atoms with Gasteiger partial charge in [0.2, 0.25) is 0 Å². The predicted molar refractivity (Wildman–Crippen MR) is 99.8 cm³/mol. The third kappa shape index (κ3) is 4.43. The van der Waals surface area contributed by atoms with Crippen molar-refractivity contribution in [3.8, 4) is 0 Å². The van der Waals surface area contributed by atoms with Gasteiger partial charge in [-0.2, -0.15) is 0 Å². The number of carbonyl (C=O) groups is 1. The summed E-state index contributed by atoms with van der Waals surface area (Å²) in [7, 11) is 3.99. The van der Waals surface area contributed by atoms with Gasteiger partial charge in [0, 0.05) is 12.5 Å². The molecular formula is C22H24FNO.